The zero-order valence-electron chi connectivity index (χ0n) is 12.3. The highest BCUT2D eigenvalue weighted by Crippen LogP contribution is 2.36. The molecule has 7 heteroatoms. The predicted molar refractivity (Wildman–Crippen MR) is 125 cm³/mol. The van der Waals surface area contributed by atoms with Crippen LogP contribution in [-0.4, -0.2) is 10.2 Å². The third-order valence-electron chi connectivity index (χ3n) is 3.31. The van der Waals surface area contributed by atoms with Gasteiger partial charge in [0, 0.05) is 0 Å². The molecule has 124 valence electrons. The second kappa shape index (κ2) is 8.54. The highest BCUT2D eigenvalue weighted by molar-refractivity contribution is 14.1. The molecule has 0 fully saturated rings. The van der Waals surface area contributed by atoms with Gasteiger partial charge in [0.1, 0.15) is 17.6 Å². The van der Waals surface area contributed by atoms with Crippen LogP contribution in [0.25, 0.3) is 0 Å². The van der Waals surface area contributed by atoms with Gasteiger partial charge in [0.05, 0.1) is 20.4 Å². The Hall–Kier alpha value is 0.920. The monoisotopic (exact) mass is 762 g/mol. The number of rotatable bonds is 4. The quantitative estimate of drug-likeness (QED) is 0.376. The lowest BCUT2D eigenvalue weighted by Crippen LogP contribution is -2.07. The Bertz CT molecular complexity index is 685. The summed E-state index contributed by atoms with van der Waals surface area (Å²) in [5.41, 5.74) is 1.90. The van der Waals surface area contributed by atoms with Crippen molar-refractivity contribution in [2.45, 2.75) is 26.1 Å². The van der Waals surface area contributed by atoms with Crippen molar-refractivity contribution in [3.05, 3.63) is 49.7 Å². The molecule has 0 saturated heterocycles. The number of phenolic OH excluding ortho intramolecular Hbond substituents is 1. The Morgan fingerprint density at radius 1 is 0.826 bits per heavy atom. The van der Waals surface area contributed by atoms with Gasteiger partial charge in [-0.15, -0.1) is 0 Å². The standard InChI is InChI=1S/C16H14I4O3/c1-7(21)9-3-13(19)16(14(20)4-9)23-8(2)10-5-11(17)15(22)12(18)6-10/h3-8,21-22H,1-2H3. The van der Waals surface area contributed by atoms with Crippen molar-refractivity contribution in [1.82, 2.24) is 0 Å². The van der Waals surface area contributed by atoms with Crippen molar-refractivity contribution in [3.63, 3.8) is 0 Å². The molecule has 0 saturated carbocycles. The van der Waals surface area contributed by atoms with Crippen LogP contribution in [0.1, 0.15) is 37.2 Å². The van der Waals surface area contributed by atoms with E-state index in [2.05, 4.69) is 90.4 Å². The van der Waals surface area contributed by atoms with E-state index in [1.165, 1.54) is 0 Å². The lowest BCUT2D eigenvalue weighted by molar-refractivity contribution is 0.198. The van der Waals surface area contributed by atoms with Crippen molar-refractivity contribution in [2.24, 2.45) is 0 Å². The zero-order valence-corrected chi connectivity index (χ0v) is 20.9. The number of halogens is 4. The average Bonchev–Trinajstić information content (AvgIpc) is 2.47. The third-order valence-corrected chi connectivity index (χ3v) is 6.55. The summed E-state index contributed by atoms with van der Waals surface area (Å²) in [7, 11) is 0. The van der Waals surface area contributed by atoms with E-state index in [0.717, 1.165) is 31.2 Å². The molecule has 0 bridgehead atoms. The first-order valence-corrected chi connectivity index (χ1v) is 11.0. The first-order valence-electron chi connectivity index (χ1n) is 6.72. The van der Waals surface area contributed by atoms with E-state index in [0.29, 0.717) is 5.75 Å². The molecule has 0 aliphatic carbocycles. The number of aliphatic hydroxyl groups excluding tert-OH is 1. The van der Waals surface area contributed by atoms with Crippen LogP contribution in [0, 0.1) is 14.3 Å². The Kier molecular flexibility index (Phi) is 7.51. The Balaban J connectivity index is 2.32. The van der Waals surface area contributed by atoms with Crippen LogP contribution in [0.3, 0.4) is 0 Å². The molecule has 0 amide bonds. The normalized spacial score (nSPS) is 13.7. The van der Waals surface area contributed by atoms with Gasteiger partial charge in [0.2, 0.25) is 0 Å². The maximum Gasteiger partial charge on any atom is 0.146 e. The van der Waals surface area contributed by atoms with Gasteiger partial charge in [-0.05, 0) is 140 Å². The van der Waals surface area contributed by atoms with Crippen LogP contribution in [0.2, 0.25) is 0 Å². The molecule has 0 aromatic heterocycles. The van der Waals surface area contributed by atoms with Crippen LogP contribution < -0.4 is 4.74 Å². The van der Waals surface area contributed by atoms with E-state index in [1.807, 2.05) is 31.2 Å². The zero-order chi connectivity index (χ0) is 17.3. The fourth-order valence-corrected chi connectivity index (χ4v) is 5.88. The van der Waals surface area contributed by atoms with E-state index < -0.39 is 6.10 Å². The second-order valence-electron chi connectivity index (χ2n) is 5.08. The molecule has 0 aliphatic rings. The molecular weight excluding hydrogens is 748 g/mol. The summed E-state index contributed by atoms with van der Waals surface area (Å²) in [6.45, 7) is 3.75. The van der Waals surface area contributed by atoms with Crippen molar-refractivity contribution in [3.8, 4) is 11.5 Å². The molecule has 0 spiro atoms. The molecular formula is C16H14I4O3. The van der Waals surface area contributed by atoms with Gasteiger partial charge in [-0.2, -0.15) is 0 Å². The smallest absolute Gasteiger partial charge is 0.146 e. The molecule has 0 heterocycles. The first-order chi connectivity index (χ1) is 10.7. The summed E-state index contributed by atoms with van der Waals surface area (Å²) in [4.78, 5) is 0. The van der Waals surface area contributed by atoms with Crippen molar-refractivity contribution >= 4 is 90.4 Å². The van der Waals surface area contributed by atoms with E-state index in [-0.39, 0.29) is 6.10 Å². The minimum Gasteiger partial charge on any atom is -0.506 e. The van der Waals surface area contributed by atoms with Crippen LogP contribution in [-0.2, 0) is 0 Å². The molecule has 3 nitrogen and oxygen atoms in total. The van der Waals surface area contributed by atoms with Crippen molar-refractivity contribution in [1.29, 1.82) is 0 Å². The van der Waals surface area contributed by atoms with E-state index in [4.69, 9.17) is 4.74 Å². The number of phenols is 1. The molecule has 0 aliphatic heterocycles. The second-order valence-corrected chi connectivity index (χ2v) is 9.73. The summed E-state index contributed by atoms with van der Waals surface area (Å²) >= 11 is 8.71. The summed E-state index contributed by atoms with van der Waals surface area (Å²) in [5, 5.41) is 19.6. The highest BCUT2D eigenvalue weighted by Gasteiger charge is 2.17. The predicted octanol–water partition coefficient (Wildman–Crippen LogP) is 6.00. The van der Waals surface area contributed by atoms with Crippen molar-refractivity contribution in [2.75, 3.05) is 0 Å². The maximum absolute atomic E-state index is 9.89. The van der Waals surface area contributed by atoms with Gasteiger partial charge in [-0.25, -0.2) is 0 Å². The lowest BCUT2D eigenvalue weighted by Gasteiger charge is -2.19. The first kappa shape index (κ1) is 20.2. The van der Waals surface area contributed by atoms with Gasteiger partial charge in [-0.3, -0.25) is 0 Å². The molecule has 2 atom stereocenters. The topological polar surface area (TPSA) is 49.7 Å². The van der Waals surface area contributed by atoms with Gasteiger partial charge < -0.3 is 14.9 Å². The summed E-state index contributed by atoms with van der Waals surface area (Å²) in [5.74, 6) is 1.13. The number of ether oxygens (including phenoxy) is 1. The maximum atomic E-state index is 9.89. The summed E-state index contributed by atoms with van der Waals surface area (Å²) in [6, 6.07) is 7.76. The van der Waals surface area contributed by atoms with Crippen LogP contribution in [0.5, 0.6) is 11.5 Å². The molecule has 0 radical (unpaired) electrons. The minimum atomic E-state index is -0.497. The fraction of sp³-hybridized carbons (Fsp3) is 0.250. The van der Waals surface area contributed by atoms with Gasteiger partial charge in [0.15, 0.2) is 0 Å². The van der Waals surface area contributed by atoms with E-state index in [1.54, 1.807) is 6.92 Å². The number of benzene rings is 2. The minimum absolute atomic E-state index is 0.142. The molecule has 2 aromatic carbocycles. The van der Waals surface area contributed by atoms with E-state index >= 15 is 0 Å². The van der Waals surface area contributed by atoms with Crippen LogP contribution in [0.15, 0.2) is 24.3 Å². The lowest BCUT2D eigenvalue weighted by atomic mass is 10.1. The SMILES string of the molecule is CC(O)c1cc(I)c(OC(C)c2cc(I)c(O)c(I)c2)c(I)c1. The summed E-state index contributed by atoms with van der Waals surface area (Å²) in [6.07, 6.45) is -0.638. The average molecular weight is 762 g/mol. The fourth-order valence-electron chi connectivity index (χ4n) is 2.00. The number of hydrogen-bond acceptors (Lipinski definition) is 3. The molecule has 2 rings (SSSR count). The number of aromatic hydroxyl groups is 1. The number of hydrogen-bond donors (Lipinski definition) is 2. The van der Waals surface area contributed by atoms with Crippen LogP contribution in [0.4, 0.5) is 0 Å². The Morgan fingerprint density at radius 3 is 1.70 bits per heavy atom. The molecule has 2 N–H and O–H groups in total. The van der Waals surface area contributed by atoms with Gasteiger partial charge in [0.25, 0.3) is 0 Å². The van der Waals surface area contributed by atoms with Crippen LogP contribution >= 0.6 is 90.4 Å². The molecule has 23 heavy (non-hydrogen) atoms. The Labute approximate surface area is 190 Å². The largest absolute Gasteiger partial charge is 0.506 e. The molecule has 2 unspecified atom stereocenters. The van der Waals surface area contributed by atoms with Crippen molar-refractivity contribution < 1.29 is 14.9 Å². The number of aliphatic hydroxyl groups is 1. The highest BCUT2D eigenvalue weighted by atomic mass is 127. The third kappa shape index (κ3) is 4.97. The molecule has 2 aromatic rings. The Morgan fingerprint density at radius 2 is 1.26 bits per heavy atom. The van der Waals surface area contributed by atoms with E-state index in [9.17, 15) is 10.2 Å². The van der Waals surface area contributed by atoms with Gasteiger partial charge in [-0.1, -0.05) is 0 Å². The summed E-state index contributed by atoms with van der Waals surface area (Å²) < 4.78 is 9.73. The van der Waals surface area contributed by atoms with Gasteiger partial charge >= 0.3 is 0 Å².